The number of sulfonamides is 1. The molecule has 0 radical (unpaired) electrons. The van der Waals surface area contributed by atoms with Crippen LogP contribution >= 0.6 is 0 Å². The Morgan fingerprint density at radius 1 is 1.03 bits per heavy atom. The van der Waals surface area contributed by atoms with Crippen molar-refractivity contribution in [2.24, 2.45) is 0 Å². The summed E-state index contributed by atoms with van der Waals surface area (Å²) in [7, 11) is -3.69. The van der Waals surface area contributed by atoms with Gasteiger partial charge in [-0.05, 0) is 39.8 Å². The van der Waals surface area contributed by atoms with Crippen LogP contribution in [0.3, 0.4) is 0 Å². The second-order valence-corrected chi connectivity index (χ2v) is 11.1. The number of pyridine rings is 1. The number of aromatic nitrogens is 5. The fourth-order valence-electron chi connectivity index (χ4n) is 4.86. The average molecular weight is 522 g/mol. The van der Waals surface area contributed by atoms with Gasteiger partial charge in [0, 0.05) is 62.1 Å². The molecule has 1 fully saturated rings. The zero-order valence-electron chi connectivity index (χ0n) is 21.5. The van der Waals surface area contributed by atoms with E-state index in [4.69, 9.17) is 4.98 Å². The molecule has 0 bridgehead atoms. The van der Waals surface area contributed by atoms with Crippen LogP contribution in [0.2, 0.25) is 0 Å². The number of aryl methyl sites for hydroxylation is 3. The lowest BCUT2D eigenvalue weighted by atomic mass is 10.0. The van der Waals surface area contributed by atoms with Crippen molar-refractivity contribution >= 4 is 26.8 Å². The first kappa shape index (κ1) is 25.1. The Labute approximate surface area is 216 Å². The Morgan fingerprint density at radius 3 is 2.41 bits per heavy atom. The maximum Gasteiger partial charge on any atom is 0.254 e. The highest BCUT2D eigenvalue weighted by atomic mass is 32.2. The molecule has 0 atom stereocenters. The first-order valence-electron chi connectivity index (χ1n) is 12.5. The molecule has 0 unspecified atom stereocenters. The Bertz CT molecular complexity index is 1580. The van der Waals surface area contributed by atoms with Crippen molar-refractivity contribution in [2.45, 2.75) is 45.7 Å². The number of para-hydroxylation sites is 1. The van der Waals surface area contributed by atoms with Crippen LogP contribution in [-0.2, 0) is 23.1 Å². The predicted molar refractivity (Wildman–Crippen MR) is 141 cm³/mol. The Hall–Kier alpha value is -3.57. The highest BCUT2D eigenvalue weighted by Gasteiger charge is 2.33. The number of carbonyl (C=O) groups excluding carboxylic acids is 1. The third-order valence-electron chi connectivity index (χ3n) is 6.99. The number of rotatable bonds is 6. The summed E-state index contributed by atoms with van der Waals surface area (Å²) in [6, 6.07) is 9.43. The van der Waals surface area contributed by atoms with Gasteiger partial charge in [-0.1, -0.05) is 18.2 Å². The monoisotopic (exact) mass is 521 g/mol. The standard InChI is InChI=1S/C26H31N7O3S/c1-5-31-17-25(18(3)29-31)37(35,36)32-13-11-30(12-14-32)26(34)21-15-24(22-16-27-33(6-2)19(22)4)28-23-10-8-7-9-20(21)23/h7-10,15-17H,5-6,11-14H2,1-4H3. The lowest BCUT2D eigenvalue weighted by Crippen LogP contribution is -2.50. The Morgan fingerprint density at radius 2 is 1.76 bits per heavy atom. The lowest BCUT2D eigenvalue weighted by Gasteiger charge is -2.34. The summed E-state index contributed by atoms with van der Waals surface area (Å²) in [4.78, 5) is 20.5. The zero-order valence-corrected chi connectivity index (χ0v) is 22.4. The number of piperazine rings is 1. The molecule has 10 nitrogen and oxygen atoms in total. The summed E-state index contributed by atoms with van der Waals surface area (Å²) >= 11 is 0. The maximum absolute atomic E-state index is 13.8. The summed E-state index contributed by atoms with van der Waals surface area (Å²) in [5.41, 5.74) is 4.35. The maximum atomic E-state index is 13.8. The molecule has 4 heterocycles. The molecule has 4 aromatic rings. The third kappa shape index (κ3) is 4.42. The molecule has 3 aromatic heterocycles. The number of benzene rings is 1. The lowest BCUT2D eigenvalue weighted by molar-refractivity contribution is 0.0700. The van der Waals surface area contributed by atoms with Crippen molar-refractivity contribution in [1.29, 1.82) is 0 Å². The highest BCUT2D eigenvalue weighted by molar-refractivity contribution is 7.89. The number of carbonyl (C=O) groups is 1. The molecule has 0 N–H and O–H groups in total. The quantitative estimate of drug-likeness (QED) is 0.386. The van der Waals surface area contributed by atoms with Crippen LogP contribution in [0.1, 0.15) is 35.6 Å². The summed E-state index contributed by atoms with van der Waals surface area (Å²) in [6.07, 6.45) is 3.37. The summed E-state index contributed by atoms with van der Waals surface area (Å²) in [5, 5.41) is 9.49. The van der Waals surface area contributed by atoms with Gasteiger partial charge in [0.25, 0.3) is 5.91 Å². The van der Waals surface area contributed by atoms with Crippen molar-refractivity contribution in [3.63, 3.8) is 0 Å². The largest absolute Gasteiger partial charge is 0.336 e. The predicted octanol–water partition coefficient (Wildman–Crippen LogP) is 3.10. The number of amides is 1. The molecular weight excluding hydrogens is 490 g/mol. The van der Waals surface area contributed by atoms with Gasteiger partial charge in [-0.15, -0.1) is 0 Å². The van der Waals surface area contributed by atoms with Crippen molar-refractivity contribution in [3.05, 3.63) is 59.7 Å². The molecule has 1 aliphatic rings. The van der Waals surface area contributed by atoms with E-state index < -0.39 is 10.0 Å². The summed E-state index contributed by atoms with van der Waals surface area (Å²) < 4.78 is 31.5. The summed E-state index contributed by atoms with van der Waals surface area (Å²) in [6.45, 7) is 10.0. The topological polar surface area (TPSA) is 106 Å². The molecule has 11 heteroatoms. The van der Waals surface area contributed by atoms with Crippen LogP contribution < -0.4 is 0 Å². The molecule has 5 rings (SSSR count). The molecule has 0 saturated carbocycles. The van der Waals surface area contributed by atoms with E-state index in [0.717, 1.165) is 28.7 Å². The first-order valence-corrected chi connectivity index (χ1v) is 13.9. The molecule has 37 heavy (non-hydrogen) atoms. The Kier molecular flexibility index (Phi) is 6.59. The van der Waals surface area contributed by atoms with Crippen molar-refractivity contribution in [2.75, 3.05) is 26.2 Å². The highest BCUT2D eigenvalue weighted by Crippen LogP contribution is 2.28. The summed E-state index contributed by atoms with van der Waals surface area (Å²) in [5.74, 6) is -0.132. The minimum Gasteiger partial charge on any atom is -0.336 e. The molecule has 1 aliphatic heterocycles. The van der Waals surface area contributed by atoms with Crippen molar-refractivity contribution in [3.8, 4) is 11.3 Å². The van der Waals surface area contributed by atoms with Gasteiger partial charge in [0.1, 0.15) is 4.90 Å². The van der Waals surface area contributed by atoms with Gasteiger partial charge < -0.3 is 4.90 Å². The van der Waals surface area contributed by atoms with Gasteiger partial charge in [0.15, 0.2) is 0 Å². The van der Waals surface area contributed by atoms with Crippen LogP contribution in [-0.4, -0.2) is 74.3 Å². The van der Waals surface area contributed by atoms with E-state index in [9.17, 15) is 13.2 Å². The van der Waals surface area contributed by atoms with Gasteiger partial charge in [-0.2, -0.15) is 14.5 Å². The second-order valence-electron chi connectivity index (χ2n) is 9.16. The second kappa shape index (κ2) is 9.71. The van der Waals surface area contributed by atoms with Crippen LogP contribution in [0.5, 0.6) is 0 Å². The fourth-order valence-corrected chi connectivity index (χ4v) is 6.45. The third-order valence-corrected chi connectivity index (χ3v) is 9.00. The smallest absolute Gasteiger partial charge is 0.254 e. The van der Waals surface area contributed by atoms with E-state index in [0.29, 0.717) is 36.6 Å². The van der Waals surface area contributed by atoms with Gasteiger partial charge >= 0.3 is 0 Å². The van der Waals surface area contributed by atoms with Gasteiger partial charge in [-0.25, -0.2) is 13.4 Å². The molecule has 0 aliphatic carbocycles. The number of hydrogen-bond donors (Lipinski definition) is 0. The van der Waals surface area contributed by atoms with E-state index in [1.807, 2.05) is 55.8 Å². The van der Waals surface area contributed by atoms with Gasteiger partial charge in [0.2, 0.25) is 10.0 Å². The van der Waals surface area contributed by atoms with E-state index in [1.165, 1.54) is 4.31 Å². The van der Waals surface area contributed by atoms with Gasteiger partial charge in [-0.3, -0.25) is 14.2 Å². The first-order chi connectivity index (χ1) is 17.7. The normalized spacial score (nSPS) is 15.0. The molecule has 1 saturated heterocycles. The van der Waals surface area contributed by atoms with Crippen molar-refractivity contribution < 1.29 is 13.2 Å². The van der Waals surface area contributed by atoms with Crippen LogP contribution in [0.25, 0.3) is 22.2 Å². The average Bonchev–Trinajstić information content (AvgIpc) is 3.49. The number of hydrogen-bond acceptors (Lipinski definition) is 6. The minimum atomic E-state index is -3.69. The van der Waals surface area contributed by atoms with Crippen LogP contribution in [0.4, 0.5) is 0 Å². The Balaban J connectivity index is 1.42. The molecule has 0 spiro atoms. The van der Waals surface area contributed by atoms with E-state index in [1.54, 1.807) is 28.9 Å². The van der Waals surface area contributed by atoms with E-state index in [2.05, 4.69) is 10.2 Å². The fraction of sp³-hybridized carbons (Fsp3) is 0.385. The van der Waals surface area contributed by atoms with Crippen molar-refractivity contribution in [1.82, 2.24) is 33.8 Å². The van der Waals surface area contributed by atoms with E-state index in [-0.39, 0.29) is 23.9 Å². The minimum absolute atomic E-state index is 0.132. The van der Waals surface area contributed by atoms with Crippen LogP contribution in [0.15, 0.2) is 47.6 Å². The van der Waals surface area contributed by atoms with E-state index >= 15 is 0 Å². The van der Waals surface area contributed by atoms with Gasteiger partial charge in [0.05, 0.1) is 28.7 Å². The molecular formula is C26H31N7O3S. The van der Waals surface area contributed by atoms with Crippen LogP contribution in [0, 0.1) is 13.8 Å². The SMILES string of the molecule is CCn1cc(S(=O)(=O)N2CCN(C(=O)c3cc(-c4cnn(CC)c4C)nc4ccccc34)CC2)c(C)n1. The number of nitrogens with zero attached hydrogens (tertiary/aromatic N) is 7. The molecule has 194 valence electrons. The number of fused-ring (bicyclic) bond motifs is 1. The molecule has 1 aromatic carbocycles. The molecule has 1 amide bonds. The zero-order chi connectivity index (χ0) is 26.3.